The van der Waals surface area contributed by atoms with Gasteiger partial charge in [0, 0.05) is 6.07 Å². The molecule has 0 saturated heterocycles. The molecule has 0 aliphatic carbocycles. The number of non-ortho nitro benzene ring substituents is 1. The Hall–Kier alpha value is -2.15. The zero-order chi connectivity index (χ0) is 12.4. The largest absolute Gasteiger partial charge is 0.423 e. The standard InChI is InChI=1S/C10H11N3O4/c1-6(5-14)11-10-12-9-7(13(15)16)3-2-4-8(9)17-10/h2-4,6,14H,5H2,1H3,(H,11,12). The first kappa shape index (κ1) is 11.3. The molecule has 0 bridgehead atoms. The van der Waals surface area contributed by atoms with E-state index in [9.17, 15) is 10.1 Å². The van der Waals surface area contributed by atoms with Crippen molar-refractivity contribution in [3.63, 3.8) is 0 Å². The van der Waals surface area contributed by atoms with Crippen LogP contribution in [-0.4, -0.2) is 27.7 Å². The van der Waals surface area contributed by atoms with Crippen LogP contribution in [0.15, 0.2) is 22.6 Å². The Balaban J connectivity index is 2.43. The first-order valence-corrected chi connectivity index (χ1v) is 5.03. The summed E-state index contributed by atoms with van der Waals surface area (Å²) in [4.78, 5) is 14.2. The van der Waals surface area contributed by atoms with Gasteiger partial charge in [-0.25, -0.2) is 0 Å². The van der Waals surface area contributed by atoms with Gasteiger partial charge in [0.25, 0.3) is 11.7 Å². The van der Waals surface area contributed by atoms with Crippen LogP contribution in [0.1, 0.15) is 6.92 Å². The lowest BCUT2D eigenvalue weighted by Crippen LogP contribution is -2.19. The molecule has 17 heavy (non-hydrogen) atoms. The Morgan fingerprint density at radius 2 is 2.41 bits per heavy atom. The molecule has 1 heterocycles. The van der Waals surface area contributed by atoms with Crippen molar-refractivity contribution >= 4 is 22.8 Å². The molecule has 0 amide bonds. The lowest BCUT2D eigenvalue weighted by molar-refractivity contribution is -0.383. The van der Waals surface area contributed by atoms with Gasteiger partial charge < -0.3 is 14.8 Å². The van der Waals surface area contributed by atoms with Crippen LogP contribution in [0.25, 0.3) is 11.1 Å². The van der Waals surface area contributed by atoms with Crippen LogP contribution in [0.5, 0.6) is 0 Å². The highest BCUT2D eigenvalue weighted by Crippen LogP contribution is 2.27. The number of para-hydroxylation sites is 1. The van der Waals surface area contributed by atoms with Gasteiger partial charge in [-0.2, -0.15) is 4.98 Å². The predicted octanol–water partition coefficient (Wildman–Crippen LogP) is 1.53. The van der Waals surface area contributed by atoms with E-state index in [0.717, 1.165) is 0 Å². The highest BCUT2D eigenvalue weighted by molar-refractivity contribution is 5.83. The van der Waals surface area contributed by atoms with Crippen molar-refractivity contribution in [1.82, 2.24) is 4.98 Å². The van der Waals surface area contributed by atoms with E-state index in [1.807, 2.05) is 0 Å². The van der Waals surface area contributed by atoms with Crippen LogP contribution >= 0.6 is 0 Å². The van der Waals surface area contributed by atoms with Gasteiger partial charge in [0.05, 0.1) is 17.6 Å². The number of aliphatic hydroxyl groups is 1. The van der Waals surface area contributed by atoms with Crippen LogP contribution in [0.4, 0.5) is 11.7 Å². The van der Waals surface area contributed by atoms with Crippen LogP contribution in [0, 0.1) is 10.1 Å². The monoisotopic (exact) mass is 237 g/mol. The summed E-state index contributed by atoms with van der Waals surface area (Å²) < 4.78 is 5.29. The Morgan fingerprint density at radius 3 is 3.06 bits per heavy atom. The third kappa shape index (κ3) is 2.18. The number of anilines is 1. The van der Waals surface area contributed by atoms with E-state index >= 15 is 0 Å². The van der Waals surface area contributed by atoms with Gasteiger partial charge in [0.15, 0.2) is 11.1 Å². The summed E-state index contributed by atoms with van der Waals surface area (Å²) in [5, 5.41) is 22.4. The van der Waals surface area contributed by atoms with Crippen molar-refractivity contribution in [2.45, 2.75) is 13.0 Å². The molecule has 7 nitrogen and oxygen atoms in total. The second-order valence-electron chi connectivity index (χ2n) is 3.63. The molecule has 0 aliphatic heterocycles. The van der Waals surface area contributed by atoms with Crippen molar-refractivity contribution in [2.75, 3.05) is 11.9 Å². The summed E-state index contributed by atoms with van der Waals surface area (Å²) >= 11 is 0. The maximum Gasteiger partial charge on any atom is 0.298 e. The molecule has 1 atom stereocenters. The number of nitrogens with zero attached hydrogens (tertiary/aromatic N) is 2. The maximum atomic E-state index is 10.8. The molecule has 2 aromatic rings. The molecule has 0 saturated carbocycles. The Labute approximate surface area is 96.2 Å². The number of aliphatic hydroxyl groups excluding tert-OH is 1. The predicted molar refractivity (Wildman–Crippen MR) is 60.8 cm³/mol. The number of aromatic nitrogens is 1. The first-order valence-electron chi connectivity index (χ1n) is 5.03. The highest BCUT2D eigenvalue weighted by atomic mass is 16.6. The lowest BCUT2D eigenvalue weighted by atomic mass is 10.3. The Bertz CT molecular complexity index is 551. The molecule has 1 aromatic heterocycles. The minimum atomic E-state index is -0.510. The minimum Gasteiger partial charge on any atom is -0.423 e. The quantitative estimate of drug-likeness (QED) is 0.617. The number of hydrogen-bond acceptors (Lipinski definition) is 6. The fraction of sp³-hybridized carbons (Fsp3) is 0.300. The number of oxazole rings is 1. The molecule has 1 unspecified atom stereocenters. The SMILES string of the molecule is CC(CO)Nc1nc2c([N+](=O)[O-])cccc2o1. The van der Waals surface area contributed by atoms with Gasteiger partial charge in [-0.3, -0.25) is 10.1 Å². The van der Waals surface area contributed by atoms with Crippen LogP contribution < -0.4 is 5.32 Å². The normalized spacial score (nSPS) is 12.6. The van der Waals surface area contributed by atoms with Gasteiger partial charge in [0.2, 0.25) is 0 Å². The van der Waals surface area contributed by atoms with E-state index in [0.29, 0.717) is 5.58 Å². The number of rotatable bonds is 4. The number of hydrogen-bond donors (Lipinski definition) is 2. The van der Waals surface area contributed by atoms with Crippen LogP contribution in [0.3, 0.4) is 0 Å². The number of fused-ring (bicyclic) bond motifs is 1. The van der Waals surface area contributed by atoms with Crippen LogP contribution in [0.2, 0.25) is 0 Å². The van der Waals surface area contributed by atoms with Crippen molar-refractivity contribution in [1.29, 1.82) is 0 Å². The van der Waals surface area contributed by atoms with E-state index in [1.54, 1.807) is 13.0 Å². The van der Waals surface area contributed by atoms with Gasteiger partial charge in [0.1, 0.15) is 0 Å². The van der Waals surface area contributed by atoms with E-state index in [-0.39, 0.29) is 29.9 Å². The smallest absolute Gasteiger partial charge is 0.298 e. The number of benzene rings is 1. The summed E-state index contributed by atoms with van der Waals surface area (Å²) in [6.07, 6.45) is 0. The number of nitrogens with one attached hydrogen (secondary N) is 1. The minimum absolute atomic E-state index is 0.0825. The van der Waals surface area contributed by atoms with Gasteiger partial charge in [-0.15, -0.1) is 0 Å². The summed E-state index contributed by atoms with van der Waals surface area (Å²) in [6, 6.07) is 4.43. The molecule has 7 heteroatoms. The molecular formula is C10H11N3O4. The maximum absolute atomic E-state index is 10.8. The van der Waals surface area contributed by atoms with E-state index in [1.165, 1.54) is 12.1 Å². The second-order valence-corrected chi connectivity index (χ2v) is 3.63. The fourth-order valence-electron chi connectivity index (χ4n) is 1.40. The molecule has 2 N–H and O–H groups in total. The summed E-state index contributed by atoms with van der Waals surface area (Å²) in [6.45, 7) is 1.66. The van der Waals surface area contributed by atoms with Crippen molar-refractivity contribution in [3.05, 3.63) is 28.3 Å². The molecular weight excluding hydrogens is 226 g/mol. The van der Waals surface area contributed by atoms with Crippen molar-refractivity contribution in [3.8, 4) is 0 Å². The fourth-order valence-corrected chi connectivity index (χ4v) is 1.40. The van der Waals surface area contributed by atoms with Crippen LogP contribution in [-0.2, 0) is 0 Å². The number of nitro groups is 1. The summed E-state index contributed by atoms with van der Waals surface area (Å²) in [7, 11) is 0. The molecule has 0 aliphatic rings. The van der Waals surface area contributed by atoms with Gasteiger partial charge >= 0.3 is 0 Å². The highest BCUT2D eigenvalue weighted by Gasteiger charge is 2.17. The van der Waals surface area contributed by atoms with Crippen molar-refractivity contribution < 1.29 is 14.4 Å². The molecule has 1 aromatic carbocycles. The first-order chi connectivity index (χ1) is 8.11. The Morgan fingerprint density at radius 1 is 1.65 bits per heavy atom. The average molecular weight is 237 g/mol. The third-order valence-electron chi connectivity index (χ3n) is 2.24. The Kier molecular flexibility index (Phi) is 2.92. The van der Waals surface area contributed by atoms with E-state index in [4.69, 9.17) is 9.52 Å². The average Bonchev–Trinajstić information content (AvgIpc) is 2.70. The second kappa shape index (κ2) is 4.38. The molecule has 0 radical (unpaired) electrons. The van der Waals surface area contributed by atoms with Gasteiger partial charge in [-0.1, -0.05) is 6.07 Å². The molecule has 0 spiro atoms. The summed E-state index contributed by atoms with van der Waals surface area (Å²) in [5.74, 6) is 0. The third-order valence-corrected chi connectivity index (χ3v) is 2.24. The number of nitro benzene ring substituents is 1. The zero-order valence-electron chi connectivity index (χ0n) is 9.08. The van der Waals surface area contributed by atoms with Gasteiger partial charge in [-0.05, 0) is 13.0 Å². The van der Waals surface area contributed by atoms with Crippen molar-refractivity contribution in [2.24, 2.45) is 0 Å². The van der Waals surface area contributed by atoms with E-state index in [2.05, 4.69) is 10.3 Å². The molecule has 2 rings (SSSR count). The molecule has 0 fully saturated rings. The lowest BCUT2D eigenvalue weighted by Gasteiger charge is -2.06. The summed E-state index contributed by atoms with van der Waals surface area (Å²) in [5.41, 5.74) is 0.438. The topological polar surface area (TPSA) is 101 Å². The van der Waals surface area contributed by atoms with E-state index < -0.39 is 4.92 Å². The zero-order valence-corrected chi connectivity index (χ0v) is 9.08. The molecule has 90 valence electrons.